The van der Waals surface area contributed by atoms with Gasteiger partial charge in [-0.25, -0.2) is 0 Å². The molecule has 0 spiro atoms. The minimum absolute atomic E-state index is 0. The molecule has 0 amide bonds. The van der Waals surface area contributed by atoms with Gasteiger partial charge in [0.05, 0.1) is 5.58 Å². The van der Waals surface area contributed by atoms with Gasteiger partial charge in [-0.3, -0.25) is 0 Å². The number of furan rings is 1. The molecule has 2 aromatic carbocycles. The van der Waals surface area contributed by atoms with E-state index in [2.05, 4.69) is 12.1 Å². The average Bonchev–Trinajstić information content (AvgIpc) is 2.62. The minimum atomic E-state index is 0. The van der Waals surface area contributed by atoms with E-state index in [1.54, 1.807) is 0 Å². The zero-order valence-electron chi connectivity index (χ0n) is 6.95. The molecule has 0 saturated heterocycles. The van der Waals surface area contributed by atoms with Gasteiger partial charge in [0.1, 0.15) is 0 Å². The van der Waals surface area contributed by atoms with Crippen LogP contribution in [0.1, 0.15) is 0 Å². The molecule has 0 fully saturated rings. The van der Waals surface area contributed by atoms with Crippen LogP contribution in [0.25, 0.3) is 21.9 Å². The van der Waals surface area contributed by atoms with Gasteiger partial charge in [0, 0.05) is 27.3 Å². The summed E-state index contributed by atoms with van der Waals surface area (Å²) in [5.41, 5.74) is 1.96. The summed E-state index contributed by atoms with van der Waals surface area (Å²) in [6.45, 7) is 0. The molecule has 0 N–H and O–H groups in total. The summed E-state index contributed by atoms with van der Waals surface area (Å²) in [4.78, 5) is 0. The van der Waals surface area contributed by atoms with Gasteiger partial charge in [-0.15, -0.1) is 17.5 Å². The Bertz CT molecular complexity index is 532. The molecule has 0 aliphatic carbocycles. The zero-order chi connectivity index (χ0) is 7.97. The molecule has 1 heterocycles. The van der Waals surface area contributed by atoms with Crippen LogP contribution in [-0.4, -0.2) is 0 Å². The van der Waals surface area contributed by atoms with E-state index in [4.69, 9.17) is 4.42 Å². The second kappa shape index (κ2) is 3.09. The maximum absolute atomic E-state index is 5.59. The topological polar surface area (TPSA) is 13.1 Å². The van der Waals surface area contributed by atoms with Crippen LogP contribution in [0.15, 0.2) is 46.9 Å². The van der Waals surface area contributed by atoms with E-state index in [0.717, 1.165) is 11.2 Å². The van der Waals surface area contributed by atoms with Crippen molar-refractivity contribution in [1.29, 1.82) is 0 Å². The van der Waals surface area contributed by atoms with Crippen molar-refractivity contribution in [3.8, 4) is 0 Å². The van der Waals surface area contributed by atoms with Gasteiger partial charge >= 0.3 is 0 Å². The third-order valence-electron chi connectivity index (χ3n) is 2.17. The standard InChI is InChI=1S/C11H7O.Ti/c1-2-6-10-8(4-1)9-5-3-7-11(9)12-10;/h1-7H;/q-1;. The van der Waals surface area contributed by atoms with Crippen LogP contribution in [0, 0.1) is 0 Å². The Kier molecular flexibility index (Phi) is 2.06. The molecule has 0 unspecified atom stereocenters. The van der Waals surface area contributed by atoms with E-state index in [0.29, 0.717) is 0 Å². The van der Waals surface area contributed by atoms with Crippen molar-refractivity contribution in [1.82, 2.24) is 0 Å². The summed E-state index contributed by atoms with van der Waals surface area (Å²) >= 11 is 0. The molecule has 13 heavy (non-hydrogen) atoms. The van der Waals surface area contributed by atoms with E-state index >= 15 is 0 Å². The number of hydrogen-bond donors (Lipinski definition) is 0. The monoisotopic (exact) mass is 203 g/mol. The summed E-state index contributed by atoms with van der Waals surface area (Å²) < 4.78 is 5.59. The van der Waals surface area contributed by atoms with Crippen LogP contribution in [-0.2, 0) is 21.7 Å². The predicted molar refractivity (Wildman–Crippen MR) is 49.3 cm³/mol. The van der Waals surface area contributed by atoms with E-state index < -0.39 is 0 Å². The molecule has 0 radical (unpaired) electrons. The molecular formula is C11H7OTi-. The molecule has 2 heteroatoms. The SMILES string of the molecule is [Ti].c1ccc2c(c1)oc1cc[cH-]c12. The molecule has 3 rings (SSSR count). The third-order valence-corrected chi connectivity index (χ3v) is 2.17. The quantitative estimate of drug-likeness (QED) is 0.403. The fourth-order valence-corrected chi connectivity index (χ4v) is 1.61. The Morgan fingerprint density at radius 1 is 1.00 bits per heavy atom. The Morgan fingerprint density at radius 3 is 2.77 bits per heavy atom. The summed E-state index contributed by atoms with van der Waals surface area (Å²) in [5, 5.41) is 2.42. The van der Waals surface area contributed by atoms with Crippen LogP contribution in [0.4, 0.5) is 0 Å². The summed E-state index contributed by atoms with van der Waals surface area (Å²) in [6, 6.07) is 14.2. The largest absolute Gasteiger partial charge is 0.519 e. The molecule has 1 nitrogen and oxygen atoms in total. The number of rotatable bonds is 0. The van der Waals surface area contributed by atoms with Gasteiger partial charge in [0.25, 0.3) is 0 Å². The van der Waals surface area contributed by atoms with Gasteiger partial charge < -0.3 is 4.42 Å². The molecule has 62 valence electrons. The second-order valence-corrected chi connectivity index (χ2v) is 2.90. The van der Waals surface area contributed by atoms with Crippen molar-refractivity contribution < 1.29 is 26.1 Å². The zero-order valence-corrected chi connectivity index (χ0v) is 8.51. The molecule has 3 aromatic rings. The maximum atomic E-state index is 5.59. The first-order valence-corrected chi connectivity index (χ1v) is 3.98. The van der Waals surface area contributed by atoms with Gasteiger partial charge in [-0.1, -0.05) is 23.6 Å². The Morgan fingerprint density at radius 2 is 1.85 bits per heavy atom. The van der Waals surface area contributed by atoms with E-state index in [-0.39, 0.29) is 21.7 Å². The van der Waals surface area contributed by atoms with Crippen LogP contribution < -0.4 is 0 Å². The van der Waals surface area contributed by atoms with Crippen molar-refractivity contribution in [2.45, 2.75) is 0 Å². The van der Waals surface area contributed by atoms with Crippen molar-refractivity contribution >= 4 is 21.9 Å². The second-order valence-electron chi connectivity index (χ2n) is 2.90. The van der Waals surface area contributed by atoms with Crippen molar-refractivity contribution in [2.75, 3.05) is 0 Å². The maximum Gasteiger partial charge on any atom is 0.0792 e. The minimum Gasteiger partial charge on any atom is -0.519 e. The van der Waals surface area contributed by atoms with Crippen LogP contribution in [0.5, 0.6) is 0 Å². The molecule has 0 aliphatic heterocycles. The predicted octanol–water partition coefficient (Wildman–Crippen LogP) is 3.30. The summed E-state index contributed by atoms with van der Waals surface area (Å²) in [5.74, 6) is 0. The number of hydrogen-bond acceptors (Lipinski definition) is 1. The average molecular weight is 203 g/mol. The first kappa shape index (κ1) is 8.67. The fraction of sp³-hybridized carbons (Fsp3) is 0. The van der Waals surface area contributed by atoms with Crippen molar-refractivity contribution in [2.24, 2.45) is 0 Å². The molecular weight excluding hydrogens is 196 g/mol. The van der Waals surface area contributed by atoms with Gasteiger partial charge in [-0.2, -0.15) is 6.07 Å². The Balaban J connectivity index is 0.000000653. The van der Waals surface area contributed by atoms with Gasteiger partial charge in [0.15, 0.2) is 0 Å². The van der Waals surface area contributed by atoms with Gasteiger partial charge in [0.2, 0.25) is 0 Å². The fourth-order valence-electron chi connectivity index (χ4n) is 1.61. The first-order chi connectivity index (χ1) is 5.95. The van der Waals surface area contributed by atoms with Crippen LogP contribution in [0.2, 0.25) is 0 Å². The Hall–Kier alpha value is -0.916. The molecule has 0 saturated carbocycles. The first-order valence-electron chi connectivity index (χ1n) is 3.98. The summed E-state index contributed by atoms with van der Waals surface area (Å²) in [6.07, 6.45) is 0. The molecule has 0 aliphatic rings. The van der Waals surface area contributed by atoms with E-state index in [1.807, 2.05) is 30.3 Å². The van der Waals surface area contributed by atoms with Crippen LogP contribution in [0.3, 0.4) is 0 Å². The summed E-state index contributed by atoms with van der Waals surface area (Å²) in [7, 11) is 0. The smallest absolute Gasteiger partial charge is 0.0792 e. The van der Waals surface area contributed by atoms with Crippen LogP contribution >= 0.6 is 0 Å². The number of benzene rings is 1. The molecule has 0 atom stereocenters. The normalized spacial score (nSPS) is 10.5. The molecule has 0 bridgehead atoms. The number of fused-ring (bicyclic) bond motifs is 3. The van der Waals surface area contributed by atoms with Crippen molar-refractivity contribution in [3.63, 3.8) is 0 Å². The Labute approximate surface area is 90.6 Å². The van der Waals surface area contributed by atoms with E-state index in [1.165, 1.54) is 10.8 Å². The number of para-hydroxylation sites is 1. The van der Waals surface area contributed by atoms with Crippen molar-refractivity contribution in [3.05, 3.63) is 42.5 Å². The van der Waals surface area contributed by atoms with Gasteiger partial charge in [-0.05, 0) is 6.07 Å². The van der Waals surface area contributed by atoms with E-state index in [9.17, 15) is 0 Å². The molecule has 1 aromatic heterocycles. The third kappa shape index (κ3) is 1.16.